The molecule has 0 spiro atoms. The van der Waals surface area contributed by atoms with Gasteiger partial charge in [-0.15, -0.1) is 0 Å². The molecule has 0 saturated carbocycles. The maximum Gasteiger partial charge on any atom is 0.306 e. The van der Waals surface area contributed by atoms with Gasteiger partial charge in [-0.05, 0) is 96.3 Å². The molecular weight excluding hydrogens is 757 g/mol. The fourth-order valence-electron chi connectivity index (χ4n) is 7.27. The van der Waals surface area contributed by atoms with Crippen LogP contribution in [0.15, 0.2) is 48.6 Å². The van der Waals surface area contributed by atoms with Gasteiger partial charge in [0.2, 0.25) is 0 Å². The van der Waals surface area contributed by atoms with Gasteiger partial charge in [-0.2, -0.15) is 0 Å². The first kappa shape index (κ1) is 58.4. The van der Waals surface area contributed by atoms with E-state index in [1.165, 1.54) is 135 Å². The van der Waals surface area contributed by atoms with E-state index in [1.807, 2.05) is 0 Å². The largest absolute Gasteiger partial charge is 0.462 e. The number of hydrogen-bond acceptors (Lipinski definition) is 6. The summed E-state index contributed by atoms with van der Waals surface area (Å²) in [5.74, 6) is -0.902. The van der Waals surface area contributed by atoms with Crippen molar-refractivity contribution in [3.63, 3.8) is 0 Å². The van der Waals surface area contributed by atoms with Crippen LogP contribution in [0, 0.1) is 0 Å². The molecule has 6 heteroatoms. The average Bonchev–Trinajstić information content (AvgIpc) is 3.26. The fourth-order valence-corrected chi connectivity index (χ4v) is 7.27. The first-order valence-corrected chi connectivity index (χ1v) is 26.1. The maximum absolute atomic E-state index is 12.8. The Bertz CT molecular complexity index is 1070. The van der Waals surface area contributed by atoms with Crippen molar-refractivity contribution in [2.75, 3.05) is 13.2 Å². The molecule has 0 rings (SSSR count). The molecule has 0 aliphatic carbocycles. The number of allylic oxidation sites excluding steroid dienone is 8. The molecule has 1 unspecified atom stereocenters. The molecular formula is C55H98O6. The molecule has 61 heavy (non-hydrogen) atoms. The van der Waals surface area contributed by atoms with Crippen molar-refractivity contribution in [2.24, 2.45) is 0 Å². The number of esters is 3. The molecule has 354 valence electrons. The molecule has 0 aliphatic rings. The molecule has 1 atom stereocenters. The average molecular weight is 855 g/mol. The predicted molar refractivity (Wildman–Crippen MR) is 261 cm³/mol. The minimum absolute atomic E-state index is 0.0825. The smallest absolute Gasteiger partial charge is 0.306 e. The molecule has 0 aromatic carbocycles. The molecule has 0 saturated heterocycles. The minimum Gasteiger partial charge on any atom is -0.462 e. The van der Waals surface area contributed by atoms with Crippen LogP contribution in [0.5, 0.6) is 0 Å². The highest BCUT2D eigenvalue weighted by atomic mass is 16.6. The zero-order chi connectivity index (χ0) is 44.4. The summed E-state index contributed by atoms with van der Waals surface area (Å²) in [4.78, 5) is 37.9. The lowest BCUT2D eigenvalue weighted by molar-refractivity contribution is -0.167. The Morgan fingerprint density at radius 3 is 1.00 bits per heavy atom. The van der Waals surface area contributed by atoms with E-state index < -0.39 is 6.10 Å². The van der Waals surface area contributed by atoms with Gasteiger partial charge < -0.3 is 14.2 Å². The van der Waals surface area contributed by atoms with Crippen LogP contribution in [0.4, 0.5) is 0 Å². The molecule has 0 aliphatic heterocycles. The lowest BCUT2D eigenvalue weighted by Gasteiger charge is -2.18. The molecule has 6 nitrogen and oxygen atoms in total. The number of carbonyl (C=O) groups excluding carboxylic acids is 3. The number of rotatable bonds is 47. The van der Waals surface area contributed by atoms with Gasteiger partial charge in [0.15, 0.2) is 6.10 Å². The monoisotopic (exact) mass is 855 g/mol. The zero-order valence-electron chi connectivity index (χ0n) is 40.4. The predicted octanol–water partition coefficient (Wildman–Crippen LogP) is 17.1. The summed E-state index contributed by atoms with van der Waals surface area (Å²) in [6.07, 6.45) is 59.5. The lowest BCUT2D eigenvalue weighted by Crippen LogP contribution is -2.30. The van der Waals surface area contributed by atoms with E-state index in [9.17, 15) is 14.4 Å². The lowest BCUT2D eigenvalue weighted by atomic mass is 10.1. The molecule has 0 N–H and O–H groups in total. The molecule has 0 aromatic rings. The van der Waals surface area contributed by atoms with Gasteiger partial charge in [0.1, 0.15) is 13.2 Å². The fraction of sp³-hybridized carbons (Fsp3) is 0.800. The summed E-state index contributed by atoms with van der Waals surface area (Å²) in [6.45, 7) is 6.56. The van der Waals surface area contributed by atoms with Crippen LogP contribution in [-0.4, -0.2) is 37.2 Å². The third kappa shape index (κ3) is 48.3. The highest BCUT2D eigenvalue weighted by molar-refractivity contribution is 5.71. The van der Waals surface area contributed by atoms with Gasteiger partial charge in [-0.3, -0.25) is 14.4 Å². The van der Waals surface area contributed by atoms with Crippen LogP contribution in [0.1, 0.15) is 265 Å². The van der Waals surface area contributed by atoms with Gasteiger partial charge in [0.25, 0.3) is 0 Å². The Hall–Kier alpha value is -2.63. The van der Waals surface area contributed by atoms with Crippen molar-refractivity contribution >= 4 is 17.9 Å². The van der Waals surface area contributed by atoms with E-state index >= 15 is 0 Å². The van der Waals surface area contributed by atoms with Crippen molar-refractivity contribution in [1.29, 1.82) is 0 Å². The van der Waals surface area contributed by atoms with Crippen LogP contribution in [-0.2, 0) is 28.6 Å². The van der Waals surface area contributed by atoms with Gasteiger partial charge in [0, 0.05) is 19.3 Å². The highest BCUT2D eigenvalue weighted by Crippen LogP contribution is 2.14. The van der Waals surface area contributed by atoms with Crippen molar-refractivity contribution in [3.05, 3.63) is 48.6 Å². The van der Waals surface area contributed by atoms with Crippen molar-refractivity contribution < 1.29 is 28.6 Å². The number of ether oxygens (including phenoxy) is 3. The summed E-state index contributed by atoms with van der Waals surface area (Å²) in [5.41, 5.74) is 0. The number of hydrogen-bond donors (Lipinski definition) is 0. The normalized spacial score (nSPS) is 12.4. The van der Waals surface area contributed by atoms with E-state index in [2.05, 4.69) is 69.4 Å². The molecule has 0 radical (unpaired) electrons. The minimum atomic E-state index is -0.782. The van der Waals surface area contributed by atoms with Crippen LogP contribution >= 0.6 is 0 Å². The van der Waals surface area contributed by atoms with Crippen molar-refractivity contribution in [2.45, 2.75) is 271 Å². The number of carbonyl (C=O) groups is 3. The molecule has 0 fully saturated rings. The Morgan fingerprint density at radius 2 is 0.607 bits per heavy atom. The second-order valence-electron chi connectivity index (χ2n) is 17.4. The van der Waals surface area contributed by atoms with Gasteiger partial charge in [-0.1, -0.05) is 198 Å². The van der Waals surface area contributed by atoms with E-state index in [4.69, 9.17) is 14.2 Å². The van der Waals surface area contributed by atoms with Crippen molar-refractivity contribution in [3.8, 4) is 0 Å². The van der Waals surface area contributed by atoms with Crippen LogP contribution in [0.3, 0.4) is 0 Å². The second-order valence-corrected chi connectivity index (χ2v) is 17.4. The quantitative estimate of drug-likeness (QED) is 0.0263. The van der Waals surface area contributed by atoms with E-state index in [1.54, 1.807) is 0 Å². The molecule has 0 aromatic heterocycles. The SMILES string of the molecule is CCCC/C=C\CCCCCCCC(=O)OCC(COC(=O)CCCCCCCCC/C=C\C/C=C\CCCCC)OC(=O)CCCCCCC/C=C\CCCCCCCC. The molecule has 0 amide bonds. The molecule has 0 bridgehead atoms. The first-order valence-electron chi connectivity index (χ1n) is 26.1. The Labute approximate surface area is 378 Å². The summed E-state index contributed by atoms with van der Waals surface area (Å²) < 4.78 is 16.8. The van der Waals surface area contributed by atoms with Gasteiger partial charge in [0.05, 0.1) is 0 Å². The third-order valence-electron chi connectivity index (χ3n) is 11.3. The standard InChI is InChI=1S/C55H98O6/c1-4-7-10-13-16-19-22-24-26-27-29-30-33-36-39-42-45-48-54(57)60-51-52(50-59-53(56)47-44-41-38-35-32-21-18-15-12-9-6-3)61-55(58)49-46-43-40-37-34-31-28-25-23-20-17-14-11-8-5-2/h15-16,18-19,24-26,28,52H,4-14,17,20-23,27,29-51H2,1-3H3/b18-15-,19-16-,26-24-,28-25-. The van der Waals surface area contributed by atoms with Gasteiger partial charge >= 0.3 is 17.9 Å². The third-order valence-corrected chi connectivity index (χ3v) is 11.3. The van der Waals surface area contributed by atoms with Crippen LogP contribution < -0.4 is 0 Å². The number of unbranched alkanes of at least 4 members (excludes halogenated alkanes) is 28. The second kappa shape index (κ2) is 50.0. The van der Waals surface area contributed by atoms with Crippen molar-refractivity contribution in [1.82, 2.24) is 0 Å². The summed E-state index contributed by atoms with van der Waals surface area (Å²) in [7, 11) is 0. The Morgan fingerprint density at radius 1 is 0.328 bits per heavy atom. The Balaban J connectivity index is 4.37. The highest BCUT2D eigenvalue weighted by Gasteiger charge is 2.19. The zero-order valence-corrected chi connectivity index (χ0v) is 40.4. The maximum atomic E-state index is 12.8. The Kier molecular flexibility index (Phi) is 47.9. The first-order chi connectivity index (χ1) is 30.0. The summed E-state index contributed by atoms with van der Waals surface area (Å²) in [5, 5.41) is 0. The summed E-state index contributed by atoms with van der Waals surface area (Å²) in [6, 6.07) is 0. The van der Waals surface area contributed by atoms with Gasteiger partial charge in [-0.25, -0.2) is 0 Å². The van der Waals surface area contributed by atoms with E-state index in [0.717, 1.165) is 89.9 Å². The molecule has 0 heterocycles. The van der Waals surface area contributed by atoms with Crippen LogP contribution in [0.2, 0.25) is 0 Å². The van der Waals surface area contributed by atoms with Crippen LogP contribution in [0.25, 0.3) is 0 Å². The van der Waals surface area contributed by atoms with E-state index in [0.29, 0.717) is 19.3 Å². The summed E-state index contributed by atoms with van der Waals surface area (Å²) >= 11 is 0. The van der Waals surface area contributed by atoms with E-state index in [-0.39, 0.29) is 31.1 Å². The topological polar surface area (TPSA) is 78.9 Å².